The van der Waals surface area contributed by atoms with Gasteiger partial charge < -0.3 is 4.42 Å². The molecule has 0 aliphatic heterocycles. The van der Waals surface area contributed by atoms with Crippen LogP contribution in [-0.2, 0) is 5.41 Å². The maximum atomic E-state index is 6.29. The van der Waals surface area contributed by atoms with Crippen LogP contribution < -0.4 is 0 Å². The van der Waals surface area contributed by atoms with Crippen LogP contribution in [0, 0.1) is 0 Å². The van der Waals surface area contributed by atoms with Gasteiger partial charge in [0, 0.05) is 16.2 Å². The van der Waals surface area contributed by atoms with Gasteiger partial charge in [-0.2, -0.15) is 0 Å². The molecule has 0 saturated carbocycles. The molecule has 206 valence electrons. The van der Waals surface area contributed by atoms with Crippen molar-refractivity contribution in [2.24, 2.45) is 0 Å². The van der Waals surface area contributed by atoms with Gasteiger partial charge in [-0.05, 0) is 101 Å². The van der Waals surface area contributed by atoms with Crippen molar-refractivity contribution in [3.8, 4) is 33.4 Å². The van der Waals surface area contributed by atoms with Crippen LogP contribution in [0.5, 0.6) is 0 Å². The number of benzene rings is 8. The molecule has 0 N–H and O–H groups in total. The summed E-state index contributed by atoms with van der Waals surface area (Å²) in [6.07, 6.45) is 0. The summed E-state index contributed by atoms with van der Waals surface area (Å²) >= 11 is 0. The number of hydrogen-bond donors (Lipinski definition) is 0. The highest BCUT2D eigenvalue weighted by atomic mass is 16.3. The van der Waals surface area contributed by atoms with Gasteiger partial charge in [0.25, 0.3) is 0 Å². The summed E-state index contributed by atoms with van der Waals surface area (Å²) < 4.78 is 6.29. The molecule has 0 fully saturated rings. The van der Waals surface area contributed by atoms with E-state index < -0.39 is 0 Å². The van der Waals surface area contributed by atoms with Crippen molar-refractivity contribution >= 4 is 54.3 Å². The van der Waals surface area contributed by atoms with Gasteiger partial charge in [0.05, 0.1) is 0 Å². The zero-order valence-electron chi connectivity index (χ0n) is 24.6. The van der Waals surface area contributed by atoms with Crippen molar-refractivity contribution in [3.63, 3.8) is 0 Å². The third kappa shape index (κ3) is 3.09. The molecule has 0 spiro atoms. The summed E-state index contributed by atoms with van der Waals surface area (Å²) in [5.41, 5.74) is 12.2. The molecule has 1 heterocycles. The Balaban J connectivity index is 1.18. The summed E-state index contributed by atoms with van der Waals surface area (Å²) in [7, 11) is 0. The van der Waals surface area contributed by atoms with E-state index in [1.807, 2.05) is 6.07 Å². The zero-order chi connectivity index (χ0) is 29.2. The van der Waals surface area contributed by atoms with Crippen molar-refractivity contribution in [1.29, 1.82) is 0 Å². The zero-order valence-corrected chi connectivity index (χ0v) is 24.6. The highest BCUT2D eigenvalue weighted by Gasteiger charge is 2.36. The van der Waals surface area contributed by atoms with E-state index >= 15 is 0 Å². The van der Waals surface area contributed by atoms with Gasteiger partial charge in [0.1, 0.15) is 11.2 Å². The molecule has 1 heteroatoms. The third-order valence-corrected chi connectivity index (χ3v) is 10.2. The lowest BCUT2D eigenvalue weighted by atomic mass is 9.80. The molecule has 10 rings (SSSR count). The molecule has 9 aromatic rings. The second-order valence-corrected chi connectivity index (χ2v) is 12.9. The smallest absolute Gasteiger partial charge is 0.136 e. The second kappa shape index (κ2) is 8.36. The summed E-state index contributed by atoms with van der Waals surface area (Å²) in [5.74, 6) is 0. The van der Waals surface area contributed by atoms with E-state index in [1.165, 1.54) is 87.6 Å². The summed E-state index contributed by atoms with van der Waals surface area (Å²) in [5, 5.41) is 10.3. The maximum absolute atomic E-state index is 6.29. The minimum absolute atomic E-state index is 0.123. The van der Waals surface area contributed by atoms with Crippen molar-refractivity contribution in [2.75, 3.05) is 0 Å². The van der Waals surface area contributed by atoms with Gasteiger partial charge in [-0.3, -0.25) is 0 Å². The monoisotopic (exact) mass is 560 g/mol. The van der Waals surface area contributed by atoms with Crippen LogP contribution in [0.2, 0.25) is 0 Å². The first-order valence-corrected chi connectivity index (χ1v) is 15.4. The lowest BCUT2D eigenvalue weighted by molar-refractivity contribution is 0.658. The van der Waals surface area contributed by atoms with E-state index in [2.05, 4.69) is 141 Å². The van der Waals surface area contributed by atoms with E-state index in [4.69, 9.17) is 4.42 Å². The molecule has 0 saturated heterocycles. The first-order chi connectivity index (χ1) is 21.6. The molecular formula is C43H28O. The Morgan fingerprint density at radius 3 is 1.77 bits per heavy atom. The number of para-hydroxylation sites is 1. The van der Waals surface area contributed by atoms with Gasteiger partial charge in [-0.15, -0.1) is 0 Å². The highest BCUT2D eigenvalue weighted by molar-refractivity contribution is 6.27. The van der Waals surface area contributed by atoms with E-state index in [1.54, 1.807) is 0 Å². The molecule has 0 bridgehead atoms. The molecule has 1 nitrogen and oxygen atoms in total. The third-order valence-electron chi connectivity index (χ3n) is 10.2. The average Bonchev–Trinajstić information content (AvgIpc) is 3.54. The molecule has 1 aliphatic rings. The lowest BCUT2D eigenvalue weighted by Gasteiger charge is -2.22. The predicted octanol–water partition coefficient (Wildman–Crippen LogP) is 12.1. The Morgan fingerprint density at radius 2 is 1.02 bits per heavy atom. The van der Waals surface area contributed by atoms with Crippen LogP contribution in [0.3, 0.4) is 0 Å². The largest absolute Gasteiger partial charge is 0.456 e. The number of hydrogen-bond acceptors (Lipinski definition) is 1. The van der Waals surface area contributed by atoms with Crippen molar-refractivity contribution in [1.82, 2.24) is 0 Å². The quantitative estimate of drug-likeness (QED) is 0.192. The van der Waals surface area contributed by atoms with E-state index in [0.29, 0.717) is 0 Å². The van der Waals surface area contributed by atoms with Gasteiger partial charge in [-0.25, -0.2) is 0 Å². The van der Waals surface area contributed by atoms with Gasteiger partial charge in [-0.1, -0.05) is 123 Å². The lowest BCUT2D eigenvalue weighted by Crippen LogP contribution is -2.15. The highest BCUT2D eigenvalue weighted by Crippen LogP contribution is 2.52. The van der Waals surface area contributed by atoms with Gasteiger partial charge >= 0.3 is 0 Å². The second-order valence-electron chi connectivity index (χ2n) is 12.9. The maximum Gasteiger partial charge on any atom is 0.136 e. The Morgan fingerprint density at radius 1 is 0.409 bits per heavy atom. The molecule has 1 aliphatic carbocycles. The van der Waals surface area contributed by atoms with Gasteiger partial charge in [0.15, 0.2) is 0 Å². The van der Waals surface area contributed by atoms with Gasteiger partial charge in [0.2, 0.25) is 0 Å². The summed E-state index contributed by atoms with van der Waals surface area (Å²) in [6.45, 7) is 4.73. The van der Waals surface area contributed by atoms with Crippen molar-refractivity contribution in [2.45, 2.75) is 19.3 Å². The molecule has 0 unspecified atom stereocenters. The Labute approximate surface area is 255 Å². The summed E-state index contributed by atoms with van der Waals surface area (Å²) in [6, 6.07) is 49.2. The molecule has 8 aromatic carbocycles. The first-order valence-electron chi connectivity index (χ1n) is 15.4. The van der Waals surface area contributed by atoms with Crippen LogP contribution in [0.1, 0.15) is 25.0 Å². The molecule has 0 amide bonds. The van der Waals surface area contributed by atoms with Crippen molar-refractivity contribution in [3.05, 3.63) is 145 Å². The predicted molar refractivity (Wildman–Crippen MR) is 186 cm³/mol. The number of rotatable bonds is 2. The van der Waals surface area contributed by atoms with Crippen molar-refractivity contribution < 1.29 is 4.42 Å². The van der Waals surface area contributed by atoms with Crippen LogP contribution >= 0.6 is 0 Å². The fourth-order valence-corrected chi connectivity index (χ4v) is 8.04. The minimum Gasteiger partial charge on any atom is -0.456 e. The van der Waals surface area contributed by atoms with E-state index in [0.717, 1.165) is 11.2 Å². The Bertz CT molecular complexity index is 2620. The number of fused-ring (bicyclic) bond motifs is 6. The standard InChI is InChI=1S/C43H28O/c1-43(2)37-22-28(16-19-31(37)35-24-40-36(23-38(35)43)32-10-6-7-11-39(32)44-40)30-18-13-27-14-20-33-29(25-8-4-3-5-9-25)17-12-26-15-21-34(30)42(27)41(26)33/h3-24H,1-2H3. The fraction of sp³-hybridized carbons (Fsp3) is 0.0698. The first kappa shape index (κ1) is 24.1. The Hall–Kier alpha value is -5.40. The van der Waals surface area contributed by atoms with E-state index in [9.17, 15) is 0 Å². The summed E-state index contributed by atoms with van der Waals surface area (Å²) in [4.78, 5) is 0. The molecule has 0 radical (unpaired) electrons. The van der Waals surface area contributed by atoms with Crippen LogP contribution in [0.15, 0.2) is 138 Å². The SMILES string of the molecule is CC1(C)c2cc(-c3ccc4ccc5c(-c6ccccc6)ccc6ccc3c4c65)ccc2-c2cc3oc4ccccc4c3cc21. The molecular weight excluding hydrogens is 532 g/mol. The van der Waals surface area contributed by atoms with Crippen LogP contribution in [-0.4, -0.2) is 0 Å². The number of furan rings is 1. The van der Waals surface area contributed by atoms with E-state index in [-0.39, 0.29) is 5.41 Å². The van der Waals surface area contributed by atoms with Crippen LogP contribution in [0.25, 0.3) is 87.6 Å². The fourth-order valence-electron chi connectivity index (χ4n) is 8.04. The molecule has 1 aromatic heterocycles. The van der Waals surface area contributed by atoms with Crippen LogP contribution in [0.4, 0.5) is 0 Å². The molecule has 44 heavy (non-hydrogen) atoms. The Kier molecular flexibility index (Phi) is 4.58. The molecule has 0 atom stereocenters. The average molecular weight is 561 g/mol. The minimum atomic E-state index is -0.123. The topological polar surface area (TPSA) is 13.1 Å². The normalized spacial score (nSPS) is 13.9.